The van der Waals surface area contributed by atoms with Crippen molar-refractivity contribution in [3.63, 3.8) is 0 Å². The maximum atomic E-state index is 12.0. The van der Waals surface area contributed by atoms with Gasteiger partial charge < -0.3 is 4.74 Å². The SMILES string of the molecule is CCC(CC)c1ccnc(OC(F)(F)F)c1. The number of aromatic nitrogens is 1. The summed E-state index contributed by atoms with van der Waals surface area (Å²) in [6.07, 6.45) is -1.58. The second kappa shape index (κ2) is 5.18. The van der Waals surface area contributed by atoms with Crippen LogP contribution in [0.2, 0.25) is 0 Å². The summed E-state index contributed by atoms with van der Waals surface area (Å²) < 4.78 is 39.7. The number of nitrogens with zero attached hydrogens (tertiary/aromatic N) is 1. The van der Waals surface area contributed by atoms with Gasteiger partial charge in [-0.3, -0.25) is 0 Å². The molecule has 0 atom stereocenters. The van der Waals surface area contributed by atoms with Gasteiger partial charge in [0.2, 0.25) is 5.88 Å². The Balaban J connectivity index is 2.86. The summed E-state index contributed by atoms with van der Waals surface area (Å²) in [5.74, 6) is -0.143. The van der Waals surface area contributed by atoms with Crippen LogP contribution in [-0.2, 0) is 0 Å². The predicted molar refractivity (Wildman–Crippen MR) is 54.2 cm³/mol. The smallest absolute Gasteiger partial charge is 0.388 e. The van der Waals surface area contributed by atoms with Crippen molar-refractivity contribution in [3.8, 4) is 5.88 Å². The average molecular weight is 233 g/mol. The number of rotatable bonds is 4. The maximum absolute atomic E-state index is 12.0. The molecule has 0 saturated carbocycles. The van der Waals surface area contributed by atoms with Crippen LogP contribution in [0.5, 0.6) is 5.88 Å². The molecule has 16 heavy (non-hydrogen) atoms. The Kier molecular flexibility index (Phi) is 4.15. The lowest BCUT2D eigenvalue weighted by Crippen LogP contribution is -2.18. The molecule has 0 unspecified atom stereocenters. The Labute approximate surface area is 92.5 Å². The quantitative estimate of drug-likeness (QED) is 0.787. The molecule has 0 spiro atoms. The molecule has 90 valence electrons. The zero-order valence-corrected chi connectivity index (χ0v) is 9.21. The van der Waals surface area contributed by atoms with Gasteiger partial charge in [-0.05, 0) is 30.4 Å². The Bertz CT molecular complexity index is 334. The number of halogens is 3. The molecule has 0 saturated heterocycles. The number of alkyl halides is 3. The van der Waals surface area contributed by atoms with Crippen LogP contribution >= 0.6 is 0 Å². The van der Waals surface area contributed by atoms with Gasteiger partial charge in [-0.15, -0.1) is 13.2 Å². The van der Waals surface area contributed by atoms with E-state index in [-0.39, 0.29) is 5.92 Å². The van der Waals surface area contributed by atoms with Crippen LogP contribution in [0.1, 0.15) is 38.2 Å². The fourth-order valence-electron chi connectivity index (χ4n) is 1.61. The molecule has 0 radical (unpaired) electrons. The van der Waals surface area contributed by atoms with Crippen LogP contribution in [0.15, 0.2) is 18.3 Å². The lowest BCUT2D eigenvalue weighted by molar-refractivity contribution is -0.276. The summed E-state index contributed by atoms with van der Waals surface area (Å²) >= 11 is 0. The lowest BCUT2D eigenvalue weighted by Gasteiger charge is -2.14. The Hall–Kier alpha value is -1.26. The minimum absolute atomic E-state index is 0.249. The average Bonchev–Trinajstić information content (AvgIpc) is 2.17. The molecule has 1 heterocycles. The van der Waals surface area contributed by atoms with Crippen LogP contribution in [0.25, 0.3) is 0 Å². The minimum Gasteiger partial charge on any atom is -0.388 e. The van der Waals surface area contributed by atoms with Crippen LogP contribution in [0.3, 0.4) is 0 Å². The Morgan fingerprint density at radius 2 is 1.94 bits per heavy atom. The van der Waals surface area contributed by atoms with Crippen molar-refractivity contribution in [2.24, 2.45) is 0 Å². The van der Waals surface area contributed by atoms with E-state index in [0.717, 1.165) is 18.4 Å². The first kappa shape index (κ1) is 12.8. The molecule has 5 heteroatoms. The third-order valence-corrected chi connectivity index (χ3v) is 2.44. The van der Waals surface area contributed by atoms with E-state index in [9.17, 15) is 13.2 Å². The van der Waals surface area contributed by atoms with Crippen LogP contribution in [-0.4, -0.2) is 11.3 Å². The van der Waals surface area contributed by atoms with E-state index in [4.69, 9.17) is 0 Å². The highest BCUT2D eigenvalue weighted by molar-refractivity contribution is 5.24. The van der Waals surface area contributed by atoms with Gasteiger partial charge in [-0.2, -0.15) is 0 Å². The molecule has 0 N–H and O–H groups in total. The fraction of sp³-hybridized carbons (Fsp3) is 0.545. The molecule has 0 aliphatic rings. The Morgan fingerprint density at radius 1 is 1.31 bits per heavy atom. The normalized spacial score (nSPS) is 11.9. The summed E-state index contributed by atoms with van der Waals surface area (Å²) in [6.45, 7) is 4.00. The van der Waals surface area contributed by atoms with Gasteiger partial charge in [-0.1, -0.05) is 13.8 Å². The zero-order chi connectivity index (χ0) is 12.2. The van der Waals surface area contributed by atoms with Crippen molar-refractivity contribution in [1.82, 2.24) is 4.98 Å². The molecule has 0 fully saturated rings. The van der Waals surface area contributed by atoms with E-state index >= 15 is 0 Å². The van der Waals surface area contributed by atoms with Gasteiger partial charge in [0.15, 0.2) is 0 Å². The van der Waals surface area contributed by atoms with Crippen LogP contribution in [0.4, 0.5) is 13.2 Å². The van der Waals surface area contributed by atoms with Gasteiger partial charge in [0.1, 0.15) is 0 Å². The van der Waals surface area contributed by atoms with Crippen molar-refractivity contribution < 1.29 is 17.9 Å². The fourth-order valence-corrected chi connectivity index (χ4v) is 1.61. The van der Waals surface area contributed by atoms with Gasteiger partial charge in [0, 0.05) is 12.3 Å². The molecule has 0 aliphatic heterocycles. The molecule has 0 bridgehead atoms. The Morgan fingerprint density at radius 3 is 2.44 bits per heavy atom. The molecular formula is C11H14F3NO. The number of hydrogen-bond donors (Lipinski definition) is 0. The molecule has 1 rings (SSSR count). The summed E-state index contributed by atoms with van der Waals surface area (Å²) in [6, 6.07) is 3.08. The maximum Gasteiger partial charge on any atom is 0.574 e. The highest BCUT2D eigenvalue weighted by Gasteiger charge is 2.31. The topological polar surface area (TPSA) is 22.1 Å². The van der Waals surface area contributed by atoms with Crippen molar-refractivity contribution in [1.29, 1.82) is 0 Å². The van der Waals surface area contributed by atoms with Crippen LogP contribution in [0, 0.1) is 0 Å². The van der Waals surface area contributed by atoms with Crippen molar-refractivity contribution in [2.45, 2.75) is 39.0 Å². The second-order valence-electron chi connectivity index (χ2n) is 3.49. The van der Waals surface area contributed by atoms with E-state index in [1.54, 1.807) is 6.07 Å². The zero-order valence-electron chi connectivity index (χ0n) is 9.21. The summed E-state index contributed by atoms with van der Waals surface area (Å²) in [5, 5.41) is 0. The van der Waals surface area contributed by atoms with Crippen LogP contribution < -0.4 is 4.74 Å². The first-order chi connectivity index (χ1) is 7.46. The summed E-state index contributed by atoms with van der Waals surface area (Å²) in [7, 11) is 0. The minimum atomic E-state index is -4.68. The van der Waals surface area contributed by atoms with Gasteiger partial charge in [-0.25, -0.2) is 4.98 Å². The van der Waals surface area contributed by atoms with E-state index in [0.29, 0.717) is 0 Å². The number of pyridine rings is 1. The monoisotopic (exact) mass is 233 g/mol. The van der Waals surface area contributed by atoms with E-state index < -0.39 is 12.2 Å². The molecule has 2 nitrogen and oxygen atoms in total. The third-order valence-electron chi connectivity index (χ3n) is 2.44. The third kappa shape index (κ3) is 3.72. The first-order valence-electron chi connectivity index (χ1n) is 5.18. The highest BCUT2D eigenvalue weighted by Crippen LogP contribution is 2.27. The molecule has 1 aromatic heterocycles. The van der Waals surface area contributed by atoms with Gasteiger partial charge >= 0.3 is 6.36 Å². The summed E-state index contributed by atoms with van der Waals surface area (Å²) in [5.41, 5.74) is 0.833. The summed E-state index contributed by atoms with van der Waals surface area (Å²) in [4.78, 5) is 3.53. The molecule has 0 aromatic carbocycles. The predicted octanol–water partition coefficient (Wildman–Crippen LogP) is 3.88. The second-order valence-corrected chi connectivity index (χ2v) is 3.49. The lowest BCUT2D eigenvalue weighted by atomic mass is 9.95. The van der Waals surface area contributed by atoms with Crippen molar-refractivity contribution in [3.05, 3.63) is 23.9 Å². The molecule has 0 amide bonds. The van der Waals surface area contributed by atoms with E-state index in [2.05, 4.69) is 9.72 Å². The number of hydrogen-bond acceptors (Lipinski definition) is 2. The van der Waals surface area contributed by atoms with Gasteiger partial charge in [0.05, 0.1) is 0 Å². The van der Waals surface area contributed by atoms with Gasteiger partial charge in [0.25, 0.3) is 0 Å². The highest BCUT2D eigenvalue weighted by atomic mass is 19.4. The van der Waals surface area contributed by atoms with E-state index in [1.807, 2.05) is 13.8 Å². The first-order valence-corrected chi connectivity index (χ1v) is 5.18. The molecule has 0 aliphatic carbocycles. The largest absolute Gasteiger partial charge is 0.574 e. The van der Waals surface area contributed by atoms with Crippen molar-refractivity contribution >= 4 is 0 Å². The molecule has 1 aromatic rings. The number of ether oxygens (including phenoxy) is 1. The molecular weight excluding hydrogens is 219 g/mol. The van der Waals surface area contributed by atoms with Crippen molar-refractivity contribution in [2.75, 3.05) is 0 Å². The van der Waals surface area contributed by atoms with E-state index in [1.165, 1.54) is 12.3 Å². The standard InChI is InChI=1S/C11H14F3NO/c1-3-8(4-2)9-5-6-15-10(7-9)16-11(12,13)14/h5-8H,3-4H2,1-2H3.